The molecule has 0 aromatic carbocycles. The van der Waals surface area contributed by atoms with Gasteiger partial charge in [0.15, 0.2) is 0 Å². The Labute approximate surface area is 124 Å². The minimum Gasteiger partial charge on any atom is -0.368 e. The fraction of sp³-hybridized carbons (Fsp3) is 0.143. The summed E-state index contributed by atoms with van der Waals surface area (Å²) in [6, 6.07) is 8.23. The Morgan fingerprint density at radius 3 is 3.00 bits per heavy atom. The van der Waals surface area contributed by atoms with E-state index in [1.54, 1.807) is 11.3 Å². The van der Waals surface area contributed by atoms with Gasteiger partial charge in [-0.2, -0.15) is 0 Å². The standard InChI is InChI=1S/C14H12BrN3S/c1-18(9-11-3-2-6-19-11)13-4-5-16-12-7-10(15)8-17-14(12)13/h2-8H,9H2,1H3. The Bertz CT molecular complexity index is 697. The number of hydrogen-bond donors (Lipinski definition) is 0. The number of fused-ring (bicyclic) bond motifs is 1. The van der Waals surface area contributed by atoms with E-state index in [0.717, 1.165) is 27.7 Å². The lowest BCUT2D eigenvalue weighted by Crippen LogP contribution is -2.16. The molecule has 3 nitrogen and oxygen atoms in total. The molecule has 0 atom stereocenters. The van der Waals surface area contributed by atoms with Gasteiger partial charge in [0, 0.05) is 28.8 Å². The molecular formula is C14H12BrN3S. The molecule has 0 fully saturated rings. The molecule has 0 bridgehead atoms. The van der Waals surface area contributed by atoms with Crippen molar-refractivity contribution in [1.82, 2.24) is 9.97 Å². The van der Waals surface area contributed by atoms with Crippen LogP contribution in [0.2, 0.25) is 0 Å². The van der Waals surface area contributed by atoms with Crippen molar-refractivity contribution in [2.45, 2.75) is 6.54 Å². The van der Waals surface area contributed by atoms with E-state index >= 15 is 0 Å². The lowest BCUT2D eigenvalue weighted by atomic mass is 10.2. The van der Waals surface area contributed by atoms with E-state index < -0.39 is 0 Å². The molecule has 96 valence electrons. The summed E-state index contributed by atoms with van der Waals surface area (Å²) in [5, 5.41) is 2.10. The van der Waals surface area contributed by atoms with Gasteiger partial charge in [0.25, 0.3) is 0 Å². The summed E-state index contributed by atoms with van der Waals surface area (Å²) in [6.07, 6.45) is 3.64. The molecule has 3 aromatic heterocycles. The van der Waals surface area contributed by atoms with Crippen LogP contribution in [0.1, 0.15) is 4.88 Å². The SMILES string of the molecule is CN(Cc1cccs1)c1ccnc2cc(Br)cnc12. The molecule has 5 heteroatoms. The molecule has 3 rings (SSSR count). The third-order valence-electron chi connectivity index (χ3n) is 2.91. The van der Waals surface area contributed by atoms with Crippen LogP contribution in [0.5, 0.6) is 0 Å². The predicted molar refractivity (Wildman–Crippen MR) is 83.7 cm³/mol. The highest BCUT2D eigenvalue weighted by Gasteiger charge is 2.09. The molecule has 0 saturated carbocycles. The van der Waals surface area contributed by atoms with Crippen molar-refractivity contribution < 1.29 is 0 Å². The number of anilines is 1. The molecule has 0 aliphatic heterocycles. The molecule has 0 spiro atoms. The van der Waals surface area contributed by atoms with Crippen LogP contribution in [-0.4, -0.2) is 17.0 Å². The van der Waals surface area contributed by atoms with Crippen molar-refractivity contribution in [3.8, 4) is 0 Å². The second-order valence-electron chi connectivity index (χ2n) is 4.29. The summed E-state index contributed by atoms with van der Waals surface area (Å²) >= 11 is 5.20. The topological polar surface area (TPSA) is 29.0 Å². The molecule has 0 radical (unpaired) electrons. The van der Waals surface area contributed by atoms with Crippen molar-refractivity contribution in [2.75, 3.05) is 11.9 Å². The van der Waals surface area contributed by atoms with Crippen molar-refractivity contribution >= 4 is 44.0 Å². The molecule has 3 heterocycles. The molecule has 0 amide bonds. The Kier molecular flexibility index (Phi) is 3.48. The number of thiophene rings is 1. The van der Waals surface area contributed by atoms with Crippen LogP contribution in [0.3, 0.4) is 0 Å². The summed E-state index contributed by atoms with van der Waals surface area (Å²) in [7, 11) is 2.08. The quantitative estimate of drug-likeness (QED) is 0.722. The Morgan fingerprint density at radius 2 is 2.21 bits per heavy atom. The van der Waals surface area contributed by atoms with Gasteiger partial charge in [-0.3, -0.25) is 9.97 Å². The highest BCUT2D eigenvalue weighted by molar-refractivity contribution is 9.10. The van der Waals surface area contributed by atoms with E-state index in [4.69, 9.17) is 0 Å². The monoisotopic (exact) mass is 333 g/mol. The first-order chi connectivity index (χ1) is 9.24. The zero-order valence-electron chi connectivity index (χ0n) is 10.4. The second kappa shape index (κ2) is 5.27. The molecule has 19 heavy (non-hydrogen) atoms. The normalized spacial score (nSPS) is 10.8. The van der Waals surface area contributed by atoms with E-state index in [2.05, 4.69) is 55.4 Å². The fourth-order valence-corrected chi connectivity index (χ4v) is 3.10. The zero-order valence-corrected chi connectivity index (χ0v) is 12.8. The molecule has 3 aromatic rings. The summed E-state index contributed by atoms with van der Waals surface area (Å²) in [6.45, 7) is 0.883. The molecule has 0 unspecified atom stereocenters. The number of nitrogens with zero attached hydrogens (tertiary/aromatic N) is 3. The Balaban J connectivity index is 2.00. The van der Waals surface area contributed by atoms with E-state index in [-0.39, 0.29) is 0 Å². The summed E-state index contributed by atoms with van der Waals surface area (Å²) < 4.78 is 0.950. The number of aromatic nitrogens is 2. The van der Waals surface area contributed by atoms with Gasteiger partial charge in [0.05, 0.1) is 17.7 Å². The van der Waals surface area contributed by atoms with Crippen LogP contribution < -0.4 is 4.90 Å². The smallest absolute Gasteiger partial charge is 0.112 e. The third-order valence-corrected chi connectivity index (χ3v) is 4.20. The largest absolute Gasteiger partial charge is 0.368 e. The Hall–Kier alpha value is -1.46. The maximum Gasteiger partial charge on any atom is 0.112 e. The van der Waals surface area contributed by atoms with Gasteiger partial charge < -0.3 is 4.90 Å². The first-order valence-electron chi connectivity index (χ1n) is 5.88. The molecule has 0 aliphatic rings. The Morgan fingerprint density at radius 1 is 1.32 bits per heavy atom. The van der Waals surface area contributed by atoms with E-state index in [9.17, 15) is 0 Å². The van der Waals surface area contributed by atoms with Gasteiger partial charge in [-0.05, 0) is 39.5 Å². The zero-order chi connectivity index (χ0) is 13.2. The fourth-order valence-electron chi connectivity index (χ4n) is 2.02. The van der Waals surface area contributed by atoms with Crippen LogP contribution in [-0.2, 0) is 6.54 Å². The van der Waals surface area contributed by atoms with Crippen molar-refractivity contribution in [3.05, 3.63) is 51.4 Å². The molecular weight excluding hydrogens is 322 g/mol. The van der Waals surface area contributed by atoms with Gasteiger partial charge in [-0.25, -0.2) is 0 Å². The third kappa shape index (κ3) is 2.62. The van der Waals surface area contributed by atoms with E-state index in [1.807, 2.05) is 24.5 Å². The summed E-state index contributed by atoms with van der Waals surface area (Å²) in [4.78, 5) is 12.4. The van der Waals surface area contributed by atoms with Crippen molar-refractivity contribution in [1.29, 1.82) is 0 Å². The number of rotatable bonds is 3. The molecule has 0 aliphatic carbocycles. The van der Waals surface area contributed by atoms with Gasteiger partial charge in [0.2, 0.25) is 0 Å². The second-order valence-corrected chi connectivity index (χ2v) is 6.23. The minimum absolute atomic E-state index is 0.883. The highest BCUT2D eigenvalue weighted by Crippen LogP contribution is 2.26. The van der Waals surface area contributed by atoms with Crippen LogP contribution in [0.15, 0.2) is 46.5 Å². The highest BCUT2D eigenvalue weighted by atomic mass is 79.9. The maximum absolute atomic E-state index is 4.48. The van der Waals surface area contributed by atoms with Crippen LogP contribution >= 0.6 is 27.3 Å². The lowest BCUT2D eigenvalue weighted by molar-refractivity contribution is 0.942. The van der Waals surface area contributed by atoms with Gasteiger partial charge in [-0.1, -0.05) is 6.07 Å². The average Bonchev–Trinajstić information content (AvgIpc) is 2.90. The van der Waals surface area contributed by atoms with Gasteiger partial charge in [-0.15, -0.1) is 11.3 Å². The lowest BCUT2D eigenvalue weighted by Gasteiger charge is -2.19. The van der Waals surface area contributed by atoms with Crippen LogP contribution in [0.4, 0.5) is 5.69 Å². The van der Waals surface area contributed by atoms with Crippen LogP contribution in [0.25, 0.3) is 11.0 Å². The average molecular weight is 334 g/mol. The number of pyridine rings is 2. The van der Waals surface area contributed by atoms with E-state index in [1.165, 1.54) is 4.88 Å². The minimum atomic E-state index is 0.883. The van der Waals surface area contributed by atoms with Crippen LogP contribution in [0, 0.1) is 0 Å². The van der Waals surface area contributed by atoms with E-state index in [0.29, 0.717) is 0 Å². The molecule has 0 saturated heterocycles. The maximum atomic E-state index is 4.48. The van der Waals surface area contributed by atoms with Crippen molar-refractivity contribution in [3.63, 3.8) is 0 Å². The van der Waals surface area contributed by atoms with Crippen molar-refractivity contribution in [2.24, 2.45) is 0 Å². The first-order valence-corrected chi connectivity index (χ1v) is 7.55. The first kappa shape index (κ1) is 12.6. The number of halogens is 1. The number of hydrogen-bond acceptors (Lipinski definition) is 4. The van der Waals surface area contributed by atoms with Gasteiger partial charge >= 0.3 is 0 Å². The predicted octanol–water partition coefficient (Wildman–Crippen LogP) is 4.09. The summed E-state index contributed by atoms with van der Waals surface area (Å²) in [5.41, 5.74) is 2.94. The summed E-state index contributed by atoms with van der Waals surface area (Å²) in [5.74, 6) is 0. The molecule has 0 N–H and O–H groups in total. The van der Waals surface area contributed by atoms with Gasteiger partial charge in [0.1, 0.15) is 5.52 Å².